The van der Waals surface area contributed by atoms with Crippen molar-refractivity contribution in [1.29, 1.82) is 0 Å². The first-order valence-electron chi connectivity index (χ1n) is 6.37. The summed E-state index contributed by atoms with van der Waals surface area (Å²) in [6.07, 6.45) is 2.01. The molecule has 0 bridgehead atoms. The smallest absolute Gasteiger partial charge is 0.337 e. The summed E-state index contributed by atoms with van der Waals surface area (Å²) < 4.78 is 6.67. The molecule has 0 amide bonds. The number of pyridine rings is 1. The van der Waals surface area contributed by atoms with Crippen molar-refractivity contribution in [2.24, 2.45) is 0 Å². The molecular formula is C15H13N3O3. The molecule has 1 N–H and O–H groups in total. The monoisotopic (exact) mass is 283 g/mol. The van der Waals surface area contributed by atoms with Gasteiger partial charge in [0, 0.05) is 12.6 Å². The number of fused-ring (bicyclic) bond motifs is 1. The lowest BCUT2D eigenvalue weighted by Crippen LogP contribution is -1.99. The average Bonchev–Trinajstić information content (AvgIpc) is 2.88. The van der Waals surface area contributed by atoms with Crippen molar-refractivity contribution in [3.63, 3.8) is 0 Å². The van der Waals surface area contributed by atoms with Crippen molar-refractivity contribution in [2.45, 2.75) is 6.42 Å². The fourth-order valence-electron chi connectivity index (χ4n) is 2.10. The van der Waals surface area contributed by atoms with Gasteiger partial charge in [-0.2, -0.15) is 5.10 Å². The summed E-state index contributed by atoms with van der Waals surface area (Å²) >= 11 is 0. The van der Waals surface area contributed by atoms with E-state index in [2.05, 4.69) is 10.1 Å². The minimum Gasteiger partial charge on any atom is -0.497 e. The van der Waals surface area contributed by atoms with Gasteiger partial charge < -0.3 is 9.84 Å². The second-order valence-electron chi connectivity index (χ2n) is 4.58. The Balaban J connectivity index is 1.92. The molecule has 0 radical (unpaired) electrons. The zero-order chi connectivity index (χ0) is 14.8. The fourth-order valence-corrected chi connectivity index (χ4v) is 2.10. The molecule has 0 saturated carbocycles. The Kier molecular flexibility index (Phi) is 3.27. The Morgan fingerprint density at radius 3 is 2.95 bits per heavy atom. The third-order valence-electron chi connectivity index (χ3n) is 3.12. The molecule has 0 aliphatic rings. The van der Waals surface area contributed by atoms with E-state index in [0.717, 1.165) is 11.3 Å². The SMILES string of the molecule is COc1cccc(Cc2nc3ccc(C(=O)O)cn3n2)c1. The molecule has 0 saturated heterocycles. The summed E-state index contributed by atoms with van der Waals surface area (Å²) in [6, 6.07) is 10.8. The van der Waals surface area contributed by atoms with Crippen molar-refractivity contribution in [3.05, 3.63) is 59.5 Å². The first kappa shape index (κ1) is 13.1. The number of carbonyl (C=O) groups is 1. The van der Waals surface area contributed by atoms with Crippen molar-refractivity contribution >= 4 is 11.6 Å². The van der Waals surface area contributed by atoms with Crippen LogP contribution in [0.2, 0.25) is 0 Å². The van der Waals surface area contributed by atoms with Gasteiger partial charge in [0.25, 0.3) is 0 Å². The number of benzene rings is 1. The van der Waals surface area contributed by atoms with Gasteiger partial charge in [0.05, 0.1) is 12.7 Å². The van der Waals surface area contributed by atoms with E-state index in [1.165, 1.54) is 16.8 Å². The number of aromatic carboxylic acids is 1. The minimum atomic E-state index is -0.984. The molecule has 6 nitrogen and oxygen atoms in total. The van der Waals surface area contributed by atoms with Crippen LogP contribution in [0.25, 0.3) is 5.65 Å². The van der Waals surface area contributed by atoms with Gasteiger partial charge in [0.15, 0.2) is 11.5 Å². The minimum absolute atomic E-state index is 0.181. The molecule has 1 aromatic carbocycles. The molecule has 106 valence electrons. The van der Waals surface area contributed by atoms with E-state index >= 15 is 0 Å². The van der Waals surface area contributed by atoms with Crippen LogP contribution >= 0.6 is 0 Å². The Morgan fingerprint density at radius 1 is 1.33 bits per heavy atom. The number of carboxylic acids is 1. The van der Waals surface area contributed by atoms with E-state index in [4.69, 9.17) is 9.84 Å². The van der Waals surface area contributed by atoms with Crippen molar-refractivity contribution in [3.8, 4) is 5.75 Å². The largest absolute Gasteiger partial charge is 0.497 e. The zero-order valence-electron chi connectivity index (χ0n) is 11.4. The second kappa shape index (κ2) is 5.24. The highest BCUT2D eigenvalue weighted by Gasteiger charge is 2.08. The van der Waals surface area contributed by atoms with Crippen LogP contribution in [0.4, 0.5) is 0 Å². The molecule has 0 aliphatic carbocycles. The maximum absolute atomic E-state index is 10.9. The van der Waals surface area contributed by atoms with E-state index in [0.29, 0.717) is 17.9 Å². The number of methoxy groups -OCH3 is 1. The summed E-state index contributed by atoms with van der Waals surface area (Å²) in [6.45, 7) is 0. The molecule has 0 unspecified atom stereocenters. The van der Waals surface area contributed by atoms with Gasteiger partial charge in [0.1, 0.15) is 5.75 Å². The predicted octanol–water partition coefficient (Wildman–Crippen LogP) is 2.03. The highest BCUT2D eigenvalue weighted by molar-refractivity contribution is 5.87. The molecule has 0 aliphatic heterocycles. The Morgan fingerprint density at radius 2 is 2.19 bits per heavy atom. The Labute approximate surface area is 120 Å². The third kappa shape index (κ3) is 2.69. The van der Waals surface area contributed by atoms with Crippen LogP contribution in [0.15, 0.2) is 42.6 Å². The summed E-state index contributed by atoms with van der Waals surface area (Å²) in [5, 5.41) is 13.3. The van der Waals surface area contributed by atoms with Crippen molar-refractivity contribution in [2.75, 3.05) is 7.11 Å². The number of hydrogen-bond acceptors (Lipinski definition) is 4. The van der Waals surface area contributed by atoms with E-state index in [1.807, 2.05) is 24.3 Å². The lowest BCUT2D eigenvalue weighted by atomic mass is 10.1. The van der Waals surface area contributed by atoms with Crippen molar-refractivity contribution in [1.82, 2.24) is 14.6 Å². The van der Waals surface area contributed by atoms with Crippen LogP contribution in [0.1, 0.15) is 21.7 Å². The van der Waals surface area contributed by atoms with Gasteiger partial charge in [-0.15, -0.1) is 0 Å². The topological polar surface area (TPSA) is 76.7 Å². The first-order valence-corrected chi connectivity index (χ1v) is 6.37. The number of hydrogen-bond donors (Lipinski definition) is 1. The molecule has 21 heavy (non-hydrogen) atoms. The van der Waals surface area contributed by atoms with Crippen LogP contribution in [0.5, 0.6) is 5.75 Å². The fraction of sp³-hybridized carbons (Fsp3) is 0.133. The number of carboxylic acid groups (broad SMARTS) is 1. The number of rotatable bonds is 4. The maximum atomic E-state index is 10.9. The lowest BCUT2D eigenvalue weighted by molar-refractivity contribution is 0.0696. The van der Waals surface area contributed by atoms with Crippen LogP contribution in [0.3, 0.4) is 0 Å². The van der Waals surface area contributed by atoms with Crippen molar-refractivity contribution < 1.29 is 14.6 Å². The van der Waals surface area contributed by atoms with Crippen LogP contribution in [0, 0.1) is 0 Å². The molecule has 3 aromatic rings. The average molecular weight is 283 g/mol. The van der Waals surface area contributed by atoms with Crippen LogP contribution in [-0.2, 0) is 6.42 Å². The molecule has 6 heteroatoms. The van der Waals surface area contributed by atoms with Gasteiger partial charge >= 0.3 is 5.97 Å². The number of nitrogens with zero attached hydrogens (tertiary/aromatic N) is 3. The Hall–Kier alpha value is -2.89. The lowest BCUT2D eigenvalue weighted by Gasteiger charge is -2.01. The first-order chi connectivity index (χ1) is 10.2. The molecule has 0 atom stereocenters. The summed E-state index contributed by atoms with van der Waals surface area (Å²) in [7, 11) is 1.62. The maximum Gasteiger partial charge on any atom is 0.337 e. The highest BCUT2D eigenvalue weighted by atomic mass is 16.5. The molecular weight excluding hydrogens is 270 g/mol. The van der Waals surface area contributed by atoms with E-state index < -0.39 is 5.97 Å². The zero-order valence-corrected chi connectivity index (χ0v) is 11.4. The van der Waals surface area contributed by atoms with Crippen LogP contribution < -0.4 is 4.74 Å². The quantitative estimate of drug-likeness (QED) is 0.792. The van der Waals surface area contributed by atoms with E-state index in [-0.39, 0.29) is 5.56 Å². The van der Waals surface area contributed by atoms with Gasteiger partial charge in [-0.3, -0.25) is 0 Å². The van der Waals surface area contributed by atoms with Gasteiger partial charge in [-0.05, 0) is 29.8 Å². The number of aromatic nitrogens is 3. The predicted molar refractivity (Wildman–Crippen MR) is 75.7 cm³/mol. The van der Waals surface area contributed by atoms with E-state index in [9.17, 15) is 4.79 Å². The van der Waals surface area contributed by atoms with Gasteiger partial charge in [-0.1, -0.05) is 12.1 Å². The summed E-state index contributed by atoms with van der Waals surface area (Å²) in [5.41, 5.74) is 1.84. The molecule has 2 heterocycles. The molecule has 3 rings (SSSR count). The molecule has 2 aromatic heterocycles. The second-order valence-corrected chi connectivity index (χ2v) is 4.58. The molecule has 0 fully saturated rings. The summed E-state index contributed by atoms with van der Waals surface area (Å²) in [5.74, 6) is 0.428. The molecule has 0 spiro atoms. The Bertz CT molecular complexity index is 811. The van der Waals surface area contributed by atoms with Crippen LogP contribution in [-0.4, -0.2) is 32.8 Å². The van der Waals surface area contributed by atoms with Gasteiger partial charge in [0.2, 0.25) is 0 Å². The normalized spacial score (nSPS) is 10.7. The van der Waals surface area contributed by atoms with E-state index in [1.54, 1.807) is 13.2 Å². The van der Waals surface area contributed by atoms with Gasteiger partial charge in [-0.25, -0.2) is 14.3 Å². The highest BCUT2D eigenvalue weighted by Crippen LogP contribution is 2.15. The number of ether oxygens (including phenoxy) is 1. The third-order valence-corrected chi connectivity index (χ3v) is 3.12. The standard InChI is InChI=1S/C15H13N3O3/c1-21-12-4-2-3-10(7-12)8-13-16-14-6-5-11(15(19)20)9-18(14)17-13/h2-7,9H,8H2,1H3,(H,19,20). The summed E-state index contributed by atoms with van der Waals surface area (Å²) in [4.78, 5) is 15.3.